The first-order chi connectivity index (χ1) is 8.77. The van der Waals surface area contributed by atoms with Gasteiger partial charge in [-0.05, 0) is 31.0 Å². The van der Waals surface area contributed by atoms with Gasteiger partial charge in [-0.2, -0.15) is 0 Å². The standard InChI is InChI=1S/C13H20N4S/c1-11(2)6-7-14-8-10-18-13-16-15-12-5-3-4-9-17(12)13/h3-5,9,11,14H,6-8,10H2,1-2H3. The molecular weight excluding hydrogens is 244 g/mol. The van der Waals surface area contributed by atoms with E-state index in [4.69, 9.17) is 0 Å². The van der Waals surface area contributed by atoms with Crippen LogP contribution in [-0.4, -0.2) is 33.4 Å². The summed E-state index contributed by atoms with van der Waals surface area (Å²) in [6.45, 7) is 6.61. The maximum atomic E-state index is 4.19. The van der Waals surface area contributed by atoms with E-state index in [0.717, 1.165) is 35.6 Å². The second-order valence-corrected chi connectivity index (χ2v) is 5.75. The molecular formula is C13H20N4S. The fraction of sp³-hybridized carbons (Fsp3) is 0.538. The van der Waals surface area contributed by atoms with Gasteiger partial charge in [0.1, 0.15) is 0 Å². The summed E-state index contributed by atoms with van der Waals surface area (Å²) in [6.07, 6.45) is 3.24. The molecule has 0 bridgehead atoms. The van der Waals surface area contributed by atoms with Gasteiger partial charge in [-0.1, -0.05) is 31.7 Å². The number of thioether (sulfide) groups is 1. The largest absolute Gasteiger partial charge is 0.316 e. The molecule has 0 amide bonds. The number of rotatable bonds is 7. The van der Waals surface area contributed by atoms with E-state index < -0.39 is 0 Å². The van der Waals surface area contributed by atoms with Crippen molar-refractivity contribution in [1.29, 1.82) is 0 Å². The Hall–Kier alpha value is -1.07. The van der Waals surface area contributed by atoms with E-state index >= 15 is 0 Å². The number of pyridine rings is 1. The first kappa shape index (κ1) is 13.4. The predicted octanol–water partition coefficient (Wildman–Crippen LogP) is 2.46. The molecule has 0 fully saturated rings. The molecule has 0 aromatic carbocycles. The SMILES string of the molecule is CC(C)CCNCCSc1nnc2ccccn12. The van der Waals surface area contributed by atoms with Crippen LogP contribution in [0.15, 0.2) is 29.6 Å². The number of hydrogen-bond acceptors (Lipinski definition) is 4. The summed E-state index contributed by atoms with van der Waals surface area (Å²) in [4.78, 5) is 0. The molecule has 0 aliphatic rings. The van der Waals surface area contributed by atoms with E-state index in [1.54, 1.807) is 11.8 Å². The highest BCUT2D eigenvalue weighted by Gasteiger charge is 2.04. The van der Waals surface area contributed by atoms with E-state index in [1.807, 2.05) is 28.8 Å². The van der Waals surface area contributed by atoms with Crippen molar-refractivity contribution in [2.45, 2.75) is 25.4 Å². The van der Waals surface area contributed by atoms with E-state index in [1.165, 1.54) is 6.42 Å². The predicted molar refractivity (Wildman–Crippen MR) is 76.0 cm³/mol. The van der Waals surface area contributed by atoms with Crippen molar-refractivity contribution in [2.75, 3.05) is 18.8 Å². The third-order valence-corrected chi connectivity index (χ3v) is 3.64. The van der Waals surface area contributed by atoms with Gasteiger partial charge in [0.05, 0.1) is 0 Å². The molecule has 2 rings (SSSR count). The topological polar surface area (TPSA) is 42.2 Å². The van der Waals surface area contributed by atoms with Gasteiger partial charge < -0.3 is 5.32 Å². The van der Waals surface area contributed by atoms with Gasteiger partial charge in [0.15, 0.2) is 10.8 Å². The van der Waals surface area contributed by atoms with Crippen LogP contribution in [0.1, 0.15) is 20.3 Å². The van der Waals surface area contributed by atoms with Crippen LogP contribution in [0.3, 0.4) is 0 Å². The minimum Gasteiger partial charge on any atom is -0.316 e. The monoisotopic (exact) mass is 264 g/mol. The lowest BCUT2D eigenvalue weighted by Crippen LogP contribution is -2.19. The van der Waals surface area contributed by atoms with Crippen LogP contribution >= 0.6 is 11.8 Å². The van der Waals surface area contributed by atoms with Crippen LogP contribution < -0.4 is 5.32 Å². The smallest absolute Gasteiger partial charge is 0.195 e. The van der Waals surface area contributed by atoms with Crippen LogP contribution in [-0.2, 0) is 0 Å². The zero-order valence-corrected chi connectivity index (χ0v) is 11.8. The van der Waals surface area contributed by atoms with Gasteiger partial charge in [0, 0.05) is 18.5 Å². The summed E-state index contributed by atoms with van der Waals surface area (Å²) in [5, 5.41) is 12.7. The van der Waals surface area contributed by atoms with E-state index in [-0.39, 0.29) is 0 Å². The van der Waals surface area contributed by atoms with Crippen molar-refractivity contribution in [3.05, 3.63) is 24.4 Å². The molecule has 1 N–H and O–H groups in total. The Bertz CT molecular complexity index is 481. The van der Waals surface area contributed by atoms with Crippen LogP contribution in [0.4, 0.5) is 0 Å². The normalized spacial score (nSPS) is 11.5. The Morgan fingerprint density at radius 3 is 3.00 bits per heavy atom. The van der Waals surface area contributed by atoms with Crippen molar-refractivity contribution < 1.29 is 0 Å². The summed E-state index contributed by atoms with van der Waals surface area (Å²) in [7, 11) is 0. The molecule has 98 valence electrons. The van der Waals surface area contributed by atoms with Gasteiger partial charge in [0.25, 0.3) is 0 Å². The zero-order chi connectivity index (χ0) is 12.8. The molecule has 0 spiro atoms. The van der Waals surface area contributed by atoms with Gasteiger partial charge in [-0.15, -0.1) is 10.2 Å². The summed E-state index contributed by atoms with van der Waals surface area (Å²) in [5.41, 5.74) is 0.910. The van der Waals surface area contributed by atoms with Crippen LogP contribution in [0, 0.1) is 5.92 Å². The molecule has 0 saturated carbocycles. The molecule has 0 aliphatic heterocycles. The Balaban J connectivity index is 1.74. The van der Waals surface area contributed by atoms with Gasteiger partial charge in [-0.3, -0.25) is 4.40 Å². The maximum absolute atomic E-state index is 4.19. The Morgan fingerprint density at radius 2 is 2.17 bits per heavy atom. The van der Waals surface area contributed by atoms with Crippen molar-refractivity contribution in [2.24, 2.45) is 5.92 Å². The van der Waals surface area contributed by atoms with Crippen molar-refractivity contribution in [3.63, 3.8) is 0 Å². The average Bonchev–Trinajstić information content (AvgIpc) is 2.77. The van der Waals surface area contributed by atoms with Gasteiger partial charge >= 0.3 is 0 Å². The Labute approximate surface area is 112 Å². The molecule has 4 nitrogen and oxygen atoms in total. The molecule has 0 atom stereocenters. The first-order valence-corrected chi connectivity index (χ1v) is 7.39. The number of nitrogens with zero attached hydrogens (tertiary/aromatic N) is 3. The molecule has 0 aliphatic carbocycles. The van der Waals surface area contributed by atoms with Crippen LogP contribution in [0.5, 0.6) is 0 Å². The fourth-order valence-corrected chi connectivity index (χ4v) is 2.47. The first-order valence-electron chi connectivity index (χ1n) is 6.40. The van der Waals surface area contributed by atoms with Crippen LogP contribution in [0.2, 0.25) is 0 Å². The highest BCUT2D eigenvalue weighted by molar-refractivity contribution is 7.99. The average molecular weight is 264 g/mol. The second kappa shape index (κ2) is 6.75. The molecule has 0 saturated heterocycles. The summed E-state index contributed by atoms with van der Waals surface area (Å²) in [6, 6.07) is 5.95. The molecule has 5 heteroatoms. The van der Waals surface area contributed by atoms with E-state index in [9.17, 15) is 0 Å². The molecule has 2 aromatic rings. The van der Waals surface area contributed by atoms with Crippen molar-refractivity contribution >= 4 is 17.4 Å². The third kappa shape index (κ3) is 3.71. The van der Waals surface area contributed by atoms with Crippen molar-refractivity contribution in [1.82, 2.24) is 19.9 Å². The summed E-state index contributed by atoms with van der Waals surface area (Å²) in [5.74, 6) is 1.79. The minimum absolute atomic E-state index is 0.769. The highest BCUT2D eigenvalue weighted by atomic mass is 32.2. The summed E-state index contributed by atoms with van der Waals surface area (Å²) < 4.78 is 2.03. The van der Waals surface area contributed by atoms with Gasteiger partial charge in [-0.25, -0.2) is 0 Å². The van der Waals surface area contributed by atoms with Gasteiger partial charge in [0.2, 0.25) is 0 Å². The number of aromatic nitrogens is 3. The molecule has 0 radical (unpaired) electrons. The molecule has 0 unspecified atom stereocenters. The number of fused-ring (bicyclic) bond motifs is 1. The zero-order valence-electron chi connectivity index (χ0n) is 11.0. The third-order valence-electron chi connectivity index (χ3n) is 2.69. The van der Waals surface area contributed by atoms with Crippen molar-refractivity contribution in [3.8, 4) is 0 Å². The lowest BCUT2D eigenvalue weighted by atomic mass is 10.1. The minimum atomic E-state index is 0.769. The quantitative estimate of drug-likeness (QED) is 0.616. The highest BCUT2D eigenvalue weighted by Crippen LogP contribution is 2.15. The number of hydrogen-bond donors (Lipinski definition) is 1. The van der Waals surface area contributed by atoms with E-state index in [2.05, 4.69) is 29.4 Å². The summed E-state index contributed by atoms with van der Waals surface area (Å²) >= 11 is 1.74. The molecule has 2 aromatic heterocycles. The fourth-order valence-electron chi connectivity index (χ4n) is 1.65. The molecule has 18 heavy (non-hydrogen) atoms. The number of nitrogens with one attached hydrogen (secondary N) is 1. The Morgan fingerprint density at radius 1 is 1.28 bits per heavy atom. The van der Waals surface area contributed by atoms with Crippen LogP contribution in [0.25, 0.3) is 5.65 Å². The second-order valence-electron chi connectivity index (χ2n) is 4.69. The maximum Gasteiger partial charge on any atom is 0.195 e. The van der Waals surface area contributed by atoms with E-state index in [0.29, 0.717) is 0 Å². The lowest BCUT2D eigenvalue weighted by Gasteiger charge is -2.06. The lowest BCUT2D eigenvalue weighted by molar-refractivity contribution is 0.547. The molecule has 2 heterocycles. The Kier molecular flexibility index (Phi) is 5.01.